The standard InChI is InChI=1S/C15H18BrNO3/c16-12-6-4-11(5-7-12)9-14(18)17-8-2-1-3-13(17)10-15(19)20/h4-7,13H,1-3,8-10H2,(H,19,20). The maximum atomic E-state index is 12.4. The third-order valence-electron chi connectivity index (χ3n) is 3.63. The molecule has 1 aliphatic heterocycles. The zero-order valence-electron chi connectivity index (χ0n) is 11.2. The van der Waals surface area contributed by atoms with Crippen LogP contribution < -0.4 is 0 Å². The van der Waals surface area contributed by atoms with Crippen LogP contribution in [0.1, 0.15) is 31.2 Å². The Balaban J connectivity index is 2.01. The van der Waals surface area contributed by atoms with Crippen molar-refractivity contribution in [2.45, 2.75) is 38.1 Å². The van der Waals surface area contributed by atoms with Gasteiger partial charge in [-0.25, -0.2) is 0 Å². The van der Waals surface area contributed by atoms with Crippen LogP contribution in [0.3, 0.4) is 0 Å². The van der Waals surface area contributed by atoms with Gasteiger partial charge in [-0.15, -0.1) is 0 Å². The van der Waals surface area contributed by atoms with E-state index in [0.29, 0.717) is 13.0 Å². The fourth-order valence-corrected chi connectivity index (χ4v) is 2.89. The van der Waals surface area contributed by atoms with Crippen molar-refractivity contribution in [3.8, 4) is 0 Å². The molecule has 0 aliphatic carbocycles. The van der Waals surface area contributed by atoms with Crippen LogP contribution in [0, 0.1) is 0 Å². The zero-order valence-corrected chi connectivity index (χ0v) is 12.8. The zero-order chi connectivity index (χ0) is 14.5. The van der Waals surface area contributed by atoms with Crippen molar-refractivity contribution < 1.29 is 14.7 Å². The Morgan fingerprint density at radius 3 is 2.60 bits per heavy atom. The van der Waals surface area contributed by atoms with Crippen molar-refractivity contribution in [3.63, 3.8) is 0 Å². The Morgan fingerprint density at radius 1 is 1.25 bits per heavy atom. The van der Waals surface area contributed by atoms with Gasteiger partial charge in [0.25, 0.3) is 0 Å². The number of likely N-dealkylation sites (tertiary alicyclic amines) is 1. The highest BCUT2D eigenvalue weighted by Gasteiger charge is 2.28. The second-order valence-electron chi connectivity index (χ2n) is 5.14. The molecule has 1 heterocycles. The first-order chi connectivity index (χ1) is 9.56. The van der Waals surface area contributed by atoms with Gasteiger partial charge in [0.1, 0.15) is 0 Å². The number of carbonyl (C=O) groups excluding carboxylic acids is 1. The Morgan fingerprint density at radius 2 is 1.95 bits per heavy atom. The van der Waals surface area contributed by atoms with Crippen LogP contribution in [0.25, 0.3) is 0 Å². The number of carboxylic acids is 1. The fourth-order valence-electron chi connectivity index (χ4n) is 2.62. The molecule has 108 valence electrons. The number of hydrogen-bond acceptors (Lipinski definition) is 2. The second kappa shape index (κ2) is 6.88. The molecule has 5 heteroatoms. The minimum absolute atomic E-state index is 0.0262. The first-order valence-electron chi connectivity index (χ1n) is 6.82. The number of piperidine rings is 1. The summed E-state index contributed by atoms with van der Waals surface area (Å²) in [5.74, 6) is -0.809. The van der Waals surface area contributed by atoms with Crippen molar-refractivity contribution in [1.29, 1.82) is 0 Å². The molecular formula is C15H18BrNO3. The monoisotopic (exact) mass is 339 g/mol. The molecule has 1 fully saturated rings. The lowest BCUT2D eigenvalue weighted by molar-refractivity contribution is -0.141. The maximum absolute atomic E-state index is 12.4. The summed E-state index contributed by atoms with van der Waals surface area (Å²) < 4.78 is 0.982. The van der Waals surface area contributed by atoms with Gasteiger partial charge in [-0.2, -0.15) is 0 Å². The molecule has 0 radical (unpaired) electrons. The molecular weight excluding hydrogens is 322 g/mol. The number of rotatable bonds is 4. The summed E-state index contributed by atoms with van der Waals surface area (Å²) >= 11 is 3.36. The van der Waals surface area contributed by atoms with Crippen molar-refractivity contribution in [3.05, 3.63) is 34.3 Å². The topological polar surface area (TPSA) is 57.6 Å². The number of aliphatic carboxylic acids is 1. The second-order valence-corrected chi connectivity index (χ2v) is 6.05. The van der Waals surface area contributed by atoms with E-state index in [2.05, 4.69) is 15.9 Å². The minimum Gasteiger partial charge on any atom is -0.481 e. The van der Waals surface area contributed by atoms with Gasteiger partial charge in [0.2, 0.25) is 5.91 Å². The number of hydrogen-bond donors (Lipinski definition) is 1. The fraction of sp³-hybridized carbons (Fsp3) is 0.467. The molecule has 1 N–H and O–H groups in total. The summed E-state index contributed by atoms with van der Waals surface area (Å²) in [7, 11) is 0. The molecule has 1 aliphatic rings. The quantitative estimate of drug-likeness (QED) is 0.917. The van der Waals surface area contributed by atoms with Crippen molar-refractivity contribution in [2.75, 3.05) is 6.54 Å². The average Bonchev–Trinajstić information content (AvgIpc) is 2.41. The predicted octanol–water partition coefficient (Wildman–Crippen LogP) is 2.85. The van der Waals surface area contributed by atoms with Gasteiger partial charge < -0.3 is 10.0 Å². The van der Waals surface area contributed by atoms with Gasteiger partial charge in [-0.1, -0.05) is 28.1 Å². The normalized spacial score (nSPS) is 18.9. The number of carbonyl (C=O) groups is 2. The van der Waals surface area contributed by atoms with E-state index < -0.39 is 5.97 Å². The lowest BCUT2D eigenvalue weighted by Crippen LogP contribution is -2.45. The summed E-state index contributed by atoms with van der Waals surface area (Å²) in [6, 6.07) is 7.50. The lowest BCUT2D eigenvalue weighted by atomic mass is 9.98. The average molecular weight is 340 g/mol. The molecule has 0 saturated carbocycles. The molecule has 0 bridgehead atoms. The number of benzene rings is 1. The Kier molecular flexibility index (Phi) is 5.17. The first kappa shape index (κ1) is 15.0. The van der Waals surface area contributed by atoms with Gasteiger partial charge in [-0.3, -0.25) is 9.59 Å². The molecule has 1 amide bonds. The number of halogens is 1. The summed E-state index contributed by atoms with van der Waals surface area (Å²) in [5, 5.41) is 8.94. The molecule has 1 unspecified atom stereocenters. The van der Waals surface area contributed by atoms with Crippen LogP contribution in [0.4, 0.5) is 0 Å². The maximum Gasteiger partial charge on any atom is 0.305 e. The summed E-state index contributed by atoms with van der Waals surface area (Å²) in [6.45, 7) is 0.674. The summed E-state index contributed by atoms with van der Waals surface area (Å²) in [4.78, 5) is 25.0. The van der Waals surface area contributed by atoms with Gasteiger partial charge in [-0.05, 0) is 37.0 Å². The van der Waals surface area contributed by atoms with Gasteiger partial charge in [0.05, 0.1) is 12.8 Å². The van der Waals surface area contributed by atoms with Crippen molar-refractivity contribution in [1.82, 2.24) is 4.90 Å². The molecule has 1 aromatic rings. The summed E-state index contributed by atoms with van der Waals surface area (Å²) in [6.07, 6.45) is 3.13. The molecule has 0 aromatic heterocycles. The SMILES string of the molecule is O=C(O)CC1CCCCN1C(=O)Cc1ccc(Br)cc1. The third-order valence-corrected chi connectivity index (χ3v) is 4.16. The summed E-state index contributed by atoms with van der Waals surface area (Å²) in [5.41, 5.74) is 0.956. The first-order valence-corrected chi connectivity index (χ1v) is 7.61. The highest BCUT2D eigenvalue weighted by molar-refractivity contribution is 9.10. The molecule has 0 spiro atoms. The van der Waals surface area contributed by atoms with Crippen LogP contribution in [0.5, 0.6) is 0 Å². The number of carboxylic acid groups (broad SMARTS) is 1. The van der Waals surface area contributed by atoms with E-state index in [1.807, 2.05) is 24.3 Å². The van der Waals surface area contributed by atoms with E-state index in [1.165, 1.54) is 0 Å². The number of amides is 1. The van der Waals surface area contributed by atoms with Crippen LogP contribution in [-0.4, -0.2) is 34.5 Å². The van der Waals surface area contributed by atoms with Crippen LogP contribution in [-0.2, 0) is 16.0 Å². The molecule has 1 saturated heterocycles. The van der Waals surface area contributed by atoms with Gasteiger partial charge in [0.15, 0.2) is 0 Å². The Hall–Kier alpha value is -1.36. The van der Waals surface area contributed by atoms with Crippen LogP contribution >= 0.6 is 15.9 Å². The van der Waals surface area contributed by atoms with Crippen LogP contribution in [0.15, 0.2) is 28.7 Å². The third kappa shape index (κ3) is 4.07. The van der Waals surface area contributed by atoms with Crippen LogP contribution in [0.2, 0.25) is 0 Å². The molecule has 20 heavy (non-hydrogen) atoms. The predicted molar refractivity (Wildman–Crippen MR) is 79.5 cm³/mol. The molecule has 4 nitrogen and oxygen atoms in total. The van der Waals surface area contributed by atoms with E-state index in [4.69, 9.17) is 5.11 Å². The molecule has 1 atom stereocenters. The van der Waals surface area contributed by atoms with E-state index in [-0.39, 0.29) is 18.4 Å². The van der Waals surface area contributed by atoms with E-state index in [0.717, 1.165) is 29.3 Å². The van der Waals surface area contributed by atoms with E-state index in [1.54, 1.807) is 4.90 Å². The van der Waals surface area contributed by atoms with E-state index in [9.17, 15) is 9.59 Å². The van der Waals surface area contributed by atoms with Gasteiger partial charge >= 0.3 is 5.97 Å². The Bertz CT molecular complexity index is 486. The number of nitrogens with zero attached hydrogens (tertiary/aromatic N) is 1. The van der Waals surface area contributed by atoms with Gasteiger partial charge in [0, 0.05) is 17.1 Å². The largest absolute Gasteiger partial charge is 0.481 e. The highest BCUT2D eigenvalue weighted by atomic mass is 79.9. The minimum atomic E-state index is -0.835. The molecule has 2 rings (SSSR count). The van der Waals surface area contributed by atoms with Crippen molar-refractivity contribution >= 4 is 27.8 Å². The van der Waals surface area contributed by atoms with E-state index >= 15 is 0 Å². The van der Waals surface area contributed by atoms with Crippen molar-refractivity contribution in [2.24, 2.45) is 0 Å². The Labute approximate surface area is 126 Å². The smallest absolute Gasteiger partial charge is 0.305 e. The molecule has 1 aromatic carbocycles. The lowest BCUT2D eigenvalue weighted by Gasteiger charge is -2.35. The highest BCUT2D eigenvalue weighted by Crippen LogP contribution is 2.21.